The highest BCUT2D eigenvalue weighted by molar-refractivity contribution is 14.0. The van der Waals surface area contributed by atoms with Gasteiger partial charge in [0.1, 0.15) is 0 Å². The predicted octanol–water partition coefficient (Wildman–Crippen LogP) is 1.17. The monoisotopic (exact) mass is 382 g/mol. The molecule has 0 radical (unpaired) electrons. The second-order valence-electron chi connectivity index (χ2n) is 5.35. The van der Waals surface area contributed by atoms with E-state index in [-0.39, 0.29) is 24.0 Å². The van der Waals surface area contributed by atoms with Crippen LogP contribution < -0.4 is 11.1 Å². The van der Waals surface area contributed by atoms with Crippen LogP contribution in [0.5, 0.6) is 0 Å². The number of halogens is 1. The lowest BCUT2D eigenvalue weighted by Crippen LogP contribution is -2.45. The van der Waals surface area contributed by atoms with E-state index >= 15 is 0 Å². The van der Waals surface area contributed by atoms with E-state index in [1.807, 2.05) is 0 Å². The van der Waals surface area contributed by atoms with Gasteiger partial charge in [-0.05, 0) is 19.8 Å². The number of nitrogens with zero attached hydrogens (tertiary/aromatic N) is 2. The molecule has 0 bridgehead atoms. The fourth-order valence-corrected chi connectivity index (χ4v) is 2.72. The van der Waals surface area contributed by atoms with Gasteiger partial charge in [0, 0.05) is 25.2 Å². The van der Waals surface area contributed by atoms with Crippen LogP contribution in [0.1, 0.15) is 32.6 Å². The van der Waals surface area contributed by atoms with Crippen LogP contribution in [0.4, 0.5) is 0 Å². The molecule has 3 N–H and O–H groups in total. The number of aliphatic imine (C=N–C) groups is 1. The SMILES string of the molecule is CC1COCCN1CCN=C(N)NC1CCCC1.I. The minimum absolute atomic E-state index is 0. The Kier molecular flexibility index (Phi) is 8.01. The van der Waals surface area contributed by atoms with Crippen LogP contribution in [0.3, 0.4) is 0 Å². The number of rotatable bonds is 4. The average Bonchev–Trinajstić information content (AvgIpc) is 2.84. The molecule has 1 atom stereocenters. The summed E-state index contributed by atoms with van der Waals surface area (Å²) in [5.41, 5.74) is 5.90. The average molecular weight is 382 g/mol. The van der Waals surface area contributed by atoms with Crippen LogP contribution in [0.15, 0.2) is 4.99 Å². The lowest BCUT2D eigenvalue weighted by Gasteiger charge is -2.32. The van der Waals surface area contributed by atoms with Gasteiger partial charge >= 0.3 is 0 Å². The standard InChI is InChI=1S/C13H26N4O.HI/c1-11-10-18-9-8-17(11)7-6-15-13(14)16-12-4-2-3-5-12;/h11-12H,2-10H2,1H3,(H3,14,15,16);1H. The highest BCUT2D eigenvalue weighted by Crippen LogP contribution is 2.17. The molecule has 1 saturated carbocycles. The van der Waals surface area contributed by atoms with Crippen LogP contribution in [-0.4, -0.2) is 55.8 Å². The first kappa shape index (κ1) is 17.0. The highest BCUT2D eigenvalue weighted by Gasteiger charge is 2.18. The molecule has 2 rings (SSSR count). The molecule has 0 spiro atoms. The number of hydrogen-bond donors (Lipinski definition) is 2. The zero-order valence-electron chi connectivity index (χ0n) is 11.8. The molecule has 19 heavy (non-hydrogen) atoms. The molecule has 0 aromatic carbocycles. The Morgan fingerprint density at radius 1 is 1.42 bits per heavy atom. The summed E-state index contributed by atoms with van der Waals surface area (Å²) in [4.78, 5) is 6.83. The summed E-state index contributed by atoms with van der Waals surface area (Å²) in [7, 11) is 0. The lowest BCUT2D eigenvalue weighted by atomic mass is 10.2. The van der Waals surface area contributed by atoms with Crippen molar-refractivity contribution < 1.29 is 4.74 Å². The third-order valence-electron chi connectivity index (χ3n) is 3.88. The van der Waals surface area contributed by atoms with E-state index in [4.69, 9.17) is 10.5 Å². The van der Waals surface area contributed by atoms with Gasteiger partial charge in [-0.2, -0.15) is 0 Å². The van der Waals surface area contributed by atoms with E-state index in [0.717, 1.165) is 32.8 Å². The van der Waals surface area contributed by atoms with Gasteiger partial charge in [0.25, 0.3) is 0 Å². The third kappa shape index (κ3) is 5.83. The molecular formula is C13H27IN4O. The maximum absolute atomic E-state index is 5.90. The van der Waals surface area contributed by atoms with Crippen LogP contribution in [0, 0.1) is 0 Å². The molecule has 0 amide bonds. The van der Waals surface area contributed by atoms with Crippen molar-refractivity contribution in [3.63, 3.8) is 0 Å². The molecule has 2 aliphatic rings. The van der Waals surface area contributed by atoms with Crippen molar-refractivity contribution in [3.05, 3.63) is 0 Å². The lowest BCUT2D eigenvalue weighted by molar-refractivity contribution is 0.00141. The van der Waals surface area contributed by atoms with E-state index in [9.17, 15) is 0 Å². The minimum atomic E-state index is 0. The van der Waals surface area contributed by atoms with Crippen LogP contribution >= 0.6 is 24.0 Å². The van der Waals surface area contributed by atoms with Crippen molar-refractivity contribution in [1.82, 2.24) is 10.2 Å². The second-order valence-corrected chi connectivity index (χ2v) is 5.35. The summed E-state index contributed by atoms with van der Waals surface area (Å²) in [6.07, 6.45) is 5.10. The maximum atomic E-state index is 5.90. The van der Waals surface area contributed by atoms with Gasteiger partial charge in [-0.25, -0.2) is 0 Å². The van der Waals surface area contributed by atoms with Crippen molar-refractivity contribution in [2.45, 2.75) is 44.7 Å². The van der Waals surface area contributed by atoms with Gasteiger partial charge in [0.15, 0.2) is 5.96 Å². The summed E-state index contributed by atoms with van der Waals surface area (Å²) in [6, 6.07) is 1.05. The molecule has 1 saturated heterocycles. The predicted molar refractivity (Wildman–Crippen MR) is 89.2 cm³/mol. The Balaban J connectivity index is 0.00000180. The zero-order chi connectivity index (χ0) is 12.8. The summed E-state index contributed by atoms with van der Waals surface area (Å²) < 4.78 is 5.41. The molecule has 112 valence electrons. The quantitative estimate of drug-likeness (QED) is 0.436. The highest BCUT2D eigenvalue weighted by atomic mass is 127. The zero-order valence-corrected chi connectivity index (χ0v) is 14.1. The van der Waals surface area contributed by atoms with E-state index in [0.29, 0.717) is 18.0 Å². The first-order valence-electron chi connectivity index (χ1n) is 7.14. The van der Waals surface area contributed by atoms with Gasteiger partial charge in [-0.15, -0.1) is 24.0 Å². The minimum Gasteiger partial charge on any atom is -0.379 e. The Morgan fingerprint density at radius 2 is 2.16 bits per heavy atom. The van der Waals surface area contributed by atoms with Gasteiger partial charge in [-0.1, -0.05) is 12.8 Å². The van der Waals surface area contributed by atoms with Crippen LogP contribution in [-0.2, 0) is 4.74 Å². The summed E-state index contributed by atoms with van der Waals surface area (Å²) >= 11 is 0. The number of morpholine rings is 1. The third-order valence-corrected chi connectivity index (χ3v) is 3.88. The van der Waals surface area contributed by atoms with Crippen molar-refractivity contribution in [2.75, 3.05) is 32.8 Å². The molecule has 1 aliphatic carbocycles. The van der Waals surface area contributed by atoms with E-state index in [1.165, 1.54) is 25.7 Å². The van der Waals surface area contributed by atoms with Crippen molar-refractivity contribution in [1.29, 1.82) is 0 Å². The van der Waals surface area contributed by atoms with E-state index < -0.39 is 0 Å². The van der Waals surface area contributed by atoms with E-state index in [2.05, 4.69) is 22.1 Å². The Morgan fingerprint density at radius 3 is 2.84 bits per heavy atom. The largest absolute Gasteiger partial charge is 0.379 e. The molecule has 1 aliphatic heterocycles. The Bertz CT molecular complexity index is 282. The fourth-order valence-electron chi connectivity index (χ4n) is 2.72. The normalized spacial score (nSPS) is 26.2. The maximum Gasteiger partial charge on any atom is 0.188 e. The van der Waals surface area contributed by atoms with Crippen LogP contribution in [0.25, 0.3) is 0 Å². The molecule has 6 heteroatoms. The fraction of sp³-hybridized carbons (Fsp3) is 0.923. The summed E-state index contributed by atoms with van der Waals surface area (Å²) in [5.74, 6) is 0.614. The first-order valence-corrected chi connectivity index (χ1v) is 7.14. The van der Waals surface area contributed by atoms with Crippen molar-refractivity contribution in [2.24, 2.45) is 10.7 Å². The van der Waals surface area contributed by atoms with Gasteiger partial charge in [0.2, 0.25) is 0 Å². The molecule has 1 heterocycles. The van der Waals surface area contributed by atoms with Gasteiger partial charge in [-0.3, -0.25) is 9.89 Å². The molecule has 1 unspecified atom stereocenters. The number of guanidine groups is 1. The molecule has 2 fully saturated rings. The molecule has 0 aromatic heterocycles. The Hall–Kier alpha value is -0.0800. The van der Waals surface area contributed by atoms with Crippen LogP contribution in [0.2, 0.25) is 0 Å². The number of nitrogens with one attached hydrogen (secondary N) is 1. The van der Waals surface area contributed by atoms with Gasteiger partial charge in [0.05, 0.1) is 19.8 Å². The topological polar surface area (TPSA) is 62.9 Å². The number of nitrogens with two attached hydrogens (primary N) is 1. The van der Waals surface area contributed by atoms with Crippen molar-refractivity contribution in [3.8, 4) is 0 Å². The van der Waals surface area contributed by atoms with E-state index in [1.54, 1.807) is 0 Å². The second kappa shape index (κ2) is 8.97. The van der Waals surface area contributed by atoms with Crippen molar-refractivity contribution >= 4 is 29.9 Å². The number of hydrogen-bond acceptors (Lipinski definition) is 3. The summed E-state index contributed by atoms with van der Waals surface area (Å²) in [6.45, 7) is 6.62. The van der Waals surface area contributed by atoms with Gasteiger partial charge < -0.3 is 15.8 Å². The Labute approximate surface area is 133 Å². The smallest absolute Gasteiger partial charge is 0.188 e. The molecule has 0 aromatic rings. The number of ether oxygens (including phenoxy) is 1. The first-order chi connectivity index (χ1) is 8.75. The molecule has 5 nitrogen and oxygen atoms in total. The summed E-state index contributed by atoms with van der Waals surface area (Å²) in [5, 5.41) is 3.31. The molecular weight excluding hydrogens is 355 g/mol.